The molecular formula is C13H14ClN3O. The summed E-state index contributed by atoms with van der Waals surface area (Å²) in [7, 11) is 1.79. The molecule has 0 radical (unpaired) electrons. The van der Waals surface area contributed by atoms with Crippen molar-refractivity contribution in [1.82, 2.24) is 9.78 Å². The number of hydrogen-bond acceptors (Lipinski definition) is 2. The van der Waals surface area contributed by atoms with Crippen molar-refractivity contribution in [2.24, 2.45) is 7.05 Å². The van der Waals surface area contributed by atoms with E-state index in [2.05, 4.69) is 10.4 Å². The highest BCUT2D eigenvalue weighted by Crippen LogP contribution is 2.18. The number of carbonyl (C=O) groups is 1. The van der Waals surface area contributed by atoms with Gasteiger partial charge in [-0.05, 0) is 18.6 Å². The van der Waals surface area contributed by atoms with Gasteiger partial charge in [-0.25, -0.2) is 0 Å². The van der Waals surface area contributed by atoms with Gasteiger partial charge in [-0.15, -0.1) is 11.6 Å². The van der Waals surface area contributed by atoms with Gasteiger partial charge in [0.2, 0.25) is 0 Å². The Hall–Kier alpha value is -1.81. The molecule has 1 amide bonds. The quantitative estimate of drug-likeness (QED) is 0.866. The molecule has 94 valence electrons. The lowest BCUT2D eigenvalue weighted by Crippen LogP contribution is -2.13. The van der Waals surface area contributed by atoms with E-state index in [1.54, 1.807) is 17.9 Å². The summed E-state index contributed by atoms with van der Waals surface area (Å²) in [6, 6.07) is 7.48. The number of para-hydroxylation sites is 1. The summed E-state index contributed by atoms with van der Waals surface area (Å²) in [6.45, 7) is 1.81. The van der Waals surface area contributed by atoms with Crippen molar-refractivity contribution in [2.45, 2.75) is 12.8 Å². The first-order valence-electron chi connectivity index (χ1n) is 5.57. The van der Waals surface area contributed by atoms with Crippen LogP contribution in [0.4, 0.5) is 5.69 Å². The van der Waals surface area contributed by atoms with E-state index in [-0.39, 0.29) is 5.91 Å². The monoisotopic (exact) mass is 263 g/mol. The van der Waals surface area contributed by atoms with Gasteiger partial charge in [0.15, 0.2) is 0 Å². The van der Waals surface area contributed by atoms with Crippen molar-refractivity contribution in [2.75, 3.05) is 5.32 Å². The van der Waals surface area contributed by atoms with Crippen molar-refractivity contribution >= 4 is 23.2 Å². The van der Waals surface area contributed by atoms with Gasteiger partial charge >= 0.3 is 0 Å². The van der Waals surface area contributed by atoms with Crippen molar-refractivity contribution < 1.29 is 4.79 Å². The van der Waals surface area contributed by atoms with Crippen molar-refractivity contribution in [3.8, 4) is 0 Å². The van der Waals surface area contributed by atoms with Gasteiger partial charge in [0.25, 0.3) is 5.91 Å². The van der Waals surface area contributed by atoms with Gasteiger partial charge in [-0.1, -0.05) is 18.2 Å². The molecule has 4 nitrogen and oxygen atoms in total. The average molecular weight is 264 g/mol. The molecule has 1 aromatic carbocycles. The molecule has 0 atom stereocenters. The molecule has 1 aromatic heterocycles. The van der Waals surface area contributed by atoms with Crippen LogP contribution in [0.3, 0.4) is 0 Å². The van der Waals surface area contributed by atoms with Crippen LogP contribution >= 0.6 is 11.6 Å². The number of aromatic nitrogens is 2. The van der Waals surface area contributed by atoms with E-state index in [1.807, 2.05) is 31.2 Å². The maximum atomic E-state index is 12.1. The molecular weight excluding hydrogens is 250 g/mol. The van der Waals surface area contributed by atoms with E-state index >= 15 is 0 Å². The number of aryl methyl sites for hydroxylation is 2. The highest BCUT2D eigenvalue weighted by molar-refractivity contribution is 6.17. The number of carbonyl (C=O) groups excluding carboxylic acids is 1. The zero-order valence-corrected chi connectivity index (χ0v) is 11.0. The predicted octanol–water partition coefficient (Wildman–Crippen LogP) is 2.72. The van der Waals surface area contributed by atoms with Crippen LogP contribution in [0.25, 0.3) is 0 Å². The Morgan fingerprint density at radius 1 is 1.44 bits per heavy atom. The minimum Gasteiger partial charge on any atom is -0.322 e. The number of nitrogens with one attached hydrogen (secondary N) is 1. The highest BCUT2D eigenvalue weighted by atomic mass is 35.5. The Bertz CT molecular complexity index is 577. The maximum absolute atomic E-state index is 12.1. The fourth-order valence-corrected chi connectivity index (χ4v) is 2.00. The van der Waals surface area contributed by atoms with Crippen molar-refractivity contribution in [3.63, 3.8) is 0 Å². The number of anilines is 1. The predicted molar refractivity (Wildman–Crippen MR) is 71.9 cm³/mol. The first-order valence-corrected chi connectivity index (χ1v) is 6.10. The fourth-order valence-electron chi connectivity index (χ4n) is 1.77. The number of hydrogen-bond donors (Lipinski definition) is 1. The zero-order chi connectivity index (χ0) is 13.1. The molecule has 0 saturated heterocycles. The van der Waals surface area contributed by atoms with Crippen LogP contribution in [-0.4, -0.2) is 15.7 Å². The number of rotatable bonds is 3. The van der Waals surface area contributed by atoms with Gasteiger partial charge in [0, 0.05) is 24.8 Å². The molecule has 0 fully saturated rings. The Kier molecular flexibility index (Phi) is 3.67. The molecule has 2 aromatic rings. The molecule has 0 aliphatic heterocycles. The fraction of sp³-hybridized carbons (Fsp3) is 0.231. The highest BCUT2D eigenvalue weighted by Gasteiger charge is 2.13. The van der Waals surface area contributed by atoms with Gasteiger partial charge in [-0.3, -0.25) is 9.48 Å². The van der Waals surface area contributed by atoms with Crippen LogP contribution in [0.2, 0.25) is 0 Å². The van der Waals surface area contributed by atoms with Crippen molar-refractivity contribution in [1.29, 1.82) is 0 Å². The zero-order valence-electron chi connectivity index (χ0n) is 10.3. The number of alkyl halides is 1. The van der Waals surface area contributed by atoms with E-state index in [0.717, 1.165) is 11.3 Å². The van der Waals surface area contributed by atoms with E-state index in [9.17, 15) is 4.79 Å². The normalized spacial score (nSPS) is 10.4. The van der Waals surface area contributed by atoms with Crippen LogP contribution in [0.5, 0.6) is 0 Å². The lowest BCUT2D eigenvalue weighted by molar-refractivity contribution is 0.102. The van der Waals surface area contributed by atoms with Crippen LogP contribution in [0.1, 0.15) is 21.6 Å². The minimum atomic E-state index is -0.168. The molecule has 0 aliphatic rings. The molecule has 0 unspecified atom stereocenters. The molecule has 2 rings (SSSR count). The molecule has 0 spiro atoms. The maximum Gasteiger partial charge on any atom is 0.259 e. The Morgan fingerprint density at radius 3 is 2.78 bits per heavy atom. The third-order valence-electron chi connectivity index (χ3n) is 2.67. The Balaban J connectivity index is 2.24. The van der Waals surface area contributed by atoms with E-state index in [1.165, 1.54) is 0 Å². The largest absolute Gasteiger partial charge is 0.322 e. The number of nitrogens with zero attached hydrogens (tertiary/aromatic N) is 2. The lowest BCUT2D eigenvalue weighted by Gasteiger charge is -2.08. The van der Waals surface area contributed by atoms with E-state index in [0.29, 0.717) is 17.1 Å². The van der Waals surface area contributed by atoms with Gasteiger partial charge in [0.1, 0.15) is 0 Å². The van der Waals surface area contributed by atoms with Crippen LogP contribution in [0, 0.1) is 6.92 Å². The third kappa shape index (κ3) is 2.54. The summed E-state index contributed by atoms with van der Waals surface area (Å²) in [6.07, 6.45) is 1.70. The number of benzene rings is 1. The number of halogens is 1. The van der Waals surface area contributed by atoms with Crippen LogP contribution in [0.15, 0.2) is 30.5 Å². The average Bonchev–Trinajstić information content (AvgIpc) is 2.69. The Labute approximate surface area is 111 Å². The first kappa shape index (κ1) is 12.6. The van der Waals surface area contributed by atoms with E-state index in [4.69, 9.17) is 11.6 Å². The molecule has 0 aliphatic carbocycles. The van der Waals surface area contributed by atoms with E-state index < -0.39 is 0 Å². The second-order valence-electron chi connectivity index (χ2n) is 4.05. The second kappa shape index (κ2) is 5.23. The Morgan fingerprint density at radius 2 is 2.17 bits per heavy atom. The summed E-state index contributed by atoms with van der Waals surface area (Å²) in [5.74, 6) is 0.195. The smallest absolute Gasteiger partial charge is 0.259 e. The lowest BCUT2D eigenvalue weighted by atomic mass is 10.2. The van der Waals surface area contributed by atoms with Gasteiger partial charge in [0.05, 0.1) is 11.3 Å². The van der Waals surface area contributed by atoms with Gasteiger partial charge in [-0.2, -0.15) is 5.10 Å². The summed E-state index contributed by atoms with van der Waals surface area (Å²) in [5, 5.41) is 7.00. The van der Waals surface area contributed by atoms with Gasteiger partial charge < -0.3 is 5.32 Å². The molecule has 1 heterocycles. The second-order valence-corrected chi connectivity index (χ2v) is 4.31. The van der Waals surface area contributed by atoms with Crippen LogP contribution in [-0.2, 0) is 12.9 Å². The summed E-state index contributed by atoms with van der Waals surface area (Å²) < 4.78 is 1.62. The molecule has 0 bridgehead atoms. The third-order valence-corrected chi connectivity index (χ3v) is 2.96. The topological polar surface area (TPSA) is 46.9 Å². The molecule has 1 N–H and O–H groups in total. The number of amides is 1. The molecule has 0 saturated carbocycles. The minimum absolute atomic E-state index is 0.168. The standard InChI is InChI=1S/C13H14ClN3O/c1-9-11(8-17(2)16-9)13(18)15-12-6-4-3-5-10(12)7-14/h3-6,8H,7H2,1-2H3,(H,15,18). The summed E-state index contributed by atoms with van der Waals surface area (Å²) >= 11 is 5.83. The van der Waals surface area contributed by atoms with Crippen LogP contribution < -0.4 is 5.32 Å². The first-order chi connectivity index (χ1) is 8.61. The summed E-state index contributed by atoms with van der Waals surface area (Å²) in [5.41, 5.74) is 2.91. The SMILES string of the molecule is Cc1nn(C)cc1C(=O)Nc1ccccc1CCl. The summed E-state index contributed by atoms with van der Waals surface area (Å²) in [4.78, 5) is 12.1. The van der Waals surface area contributed by atoms with Crippen molar-refractivity contribution in [3.05, 3.63) is 47.3 Å². The molecule has 18 heavy (non-hydrogen) atoms. The molecule has 5 heteroatoms.